The van der Waals surface area contributed by atoms with Gasteiger partial charge in [0.15, 0.2) is 0 Å². The summed E-state index contributed by atoms with van der Waals surface area (Å²) >= 11 is 0. The Kier molecular flexibility index (Phi) is 5.60. The lowest BCUT2D eigenvalue weighted by Crippen LogP contribution is -2.32. The van der Waals surface area contributed by atoms with E-state index in [-0.39, 0.29) is 0 Å². The predicted octanol–water partition coefficient (Wildman–Crippen LogP) is 5.77. The fraction of sp³-hybridized carbons (Fsp3) is 0.407. The minimum Gasteiger partial charge on any atom is -0.357 e. The van der Waals surface area contributed by atoms with Gasteiger partial charge in [-0.05, 0) is 74.0 Å². The van der Waals surface area contributed by atoms with Crippen LogP contribution in [-0.4, -0.2) is 37.5 Å². The van der Waals surface area contributed by atoms with Gasteiger partial charge in [0.1, 0.15) is 5.82 Å². The standard InChI is InChI=1S/C27H33N5/c1-18(2)26-24-13-22(5-6-25(24)30-27(26)23-7-10-31(4)17-23)21-8-11-32(12-9-21)16-20-14-28-19(3)29-15-20/h5-7,10,13-15,17-18,21,30H,8-9,11-12,16H2,1-4H3. The summed E-state index contributed by atoms with van der Waals surface area (Å²) in [6.45, 7) is 9.72. The van der Waals surface area contributed by atoms with E-state index in [1.807, 2.05) is 19.3 Å². The molecule has 166 valence electrons. The largest absolute Gasteiger partial charge is 0.357 e. The molecule has 0 unspecified atom stereocenters. The number of rotatable bonds is 5. The molecule has 5 rings (SSSR count). The Hall–Kier alpha value is -2.92. The lowest BCUT2D eigenvalue weighted by Gasteiger charge is -2.32. The van der Waals surface area contributed by atoms with Crippen molar-refractivity contribution in [2.45, 2.75) is 52.0 Å². The van der Waals surface area contributed by atoms with Gasteiger partial charge in [0.25, 0.3) is 0 Å². The minimum atomic E-state index is 0.466. The number of aromatic nitrogens is 4. The average molecular weight is 428 g/mol. The minimum absolute atomic E-state index is 0.466. The van der Waals surface area contributed by atoms with Crippen LogP contribution >= 0.6 is 0 Å². The Labute approximate surface area is 190 Å². The van der Waals surface area contributed by atoms with Gasteiger partial charge in [0.2, 0.25) is 0 Å². The molecule has 5 heteroatoms. The van der Waals surface area contributed by atoms with E-state index in [1.165, 1.54) is 51.7 Å². The molecule has 1 aromatic carbocycles. The molecule has 0 aliphatic carbocycles. The van der Waals surface area contributed by atoms with Gasteiger partial charge >= 0.3 is 0 Å². The molecule has 1 N–H and O–H groups in total. The number of aromatic amines is 1. The van der Waals surface area contributed by atoms with Crippen LogP contribution in [0.4, 0.5) is 0 Å². The van der Waals surface area contributed by atoms with Gasteiger partial charge in [0.05, 0.1) is 5.69 Å². The van der Waals surface area contributed by atoms with Gasteiger partial charge in [-0.1, -0.05) is 19.9 Å². The van der Waals surface area contributed by atoms with Gasteiger partial charge in [-0.25, -0.2) is 9.97 Å². The molecule has 4 heterocycles. The number of hydrogen-bond donors (Lipinski definition) is 1. The SMILES string of the molecule is Cc1ncc(CN2CCC(c3ccc4[nH]c(-c5ccn(C)c5)c(C(C)C)c4c3)CC2)cn1. The van der Waals surface area contributed by atoms with Crippen LogP contribution in [-0.2, 0) is 13.6 Å². The van der Waals surface area contributed by atoms with Crippen molar-refractivity contribution in [3.05, 3.63) is 71.6 Å². The van der Waals surface area contributed by atoms with Crippen molar-refractivity contribution in [2.75, 3.05) is 13.1 Å². The van der Waals surface area contributed by atoms with E-state index in [2.05, 4.69) is 82.0 Å². The van der Waals surface area contributed by atoms with Crippen LogP contribution in [0.15, 0.2) is 49.1 Å². The first kappa shape index (κ1) is 21.0. The van der Waals surface area contributed by atoms with Crippen LogP contribution in [0.25, 0.3) is 22.2 Å². The molecule has 0 atom stereocenters. The molecule has 5 nitrogen and oxygen atoms in total. The predicted molar refractivity (Wildman–Crippen MR) is 131 cm³/mol. The third kappa shape index (κ3) is 4.09. The highest BCUT2D eigenvalue weighted by atomic mass is 15.1. The van der Waals surface area contributed by atoms with Crippen LogP contribution in [0.1, 0.15) is 61.0 Å². The van der Waals surface area contributed by atoms with Gasteiger partial charge in [-0.2, -0.15) is 0 Å². The van der Waals surface area contributed by atoms with Crippen LogP contribution in [0.3, 0.4) is 0 Å². The van der Waals surface area contributed by atoms with Crippen molar-refractivity contribution in [3.63, 3.8) is 0 Å². The number of nitrogens with zero attached hydrogens (tertiary/aromatic N) is 4. The highest BCUT2D eigenvalue weighted by molar-refractivity contribution is 5.92. The second kappa shape index (κ2) is 8.55. The fourth-order valence-corrected chi connectivity index (χ4v) is 5.15. The molecule has 4 aromatic rings. The monoisotopic (exact) mass is 427 g/mol. The smallest absolute Gasteiger partial charge is 0.125 e. The molecular weight excluding hydrogens is 394 g/mol. The molecule has 0 saturated carbocycles. The molecule has 1 aliphatic rings. The van der Waals surface area contributed by atoms with Crippen LogP contribution < -0.4 is 0 Å². The number of fused-ring (bicyclic) bond motifs is 1. The Balaban J connectivity index is 1.36. The summed E-state index contributed by atoms with van der Waals surface area (Å²) in [5.41, 5.74) is 7.90. The summed E-state index contributed by atoms with van der Waals surface area (Å²) in [5, 5.41) is 1.38. The third-order valence-corrected chi connectivity index (χ3v) is 6.86. The quantitative estimate of drug-likeness (QED) is 0.439. The number of hydrogen-bond acceptors (Lipinski definition) is 3. The molecule has 0 radical (unpaired) electrons. The molecule has 1 aliphatic heterocycles. The van der Waals surface area contributed by atoms with Gasteiger partial charge < -0.3 is 9.55 Å². The topological polar surface area (TPSA) is 49.7 Å². The Morgan fingerprint density at radius 1 is 1.09 bits per heavy atom. The van der Waals surface area contributed by atoms with Crippen molar-refractivity contribution >= 4 is 10.9 Å². The first-order valence-corrected chi connectivity index (χ1v) is 11.8. The van der Waals surface area contributed by atoms with Crippen molar-refractivity contribution in [1.29, 1.82) is 0 Å². The van der Waals surface area contributed by atoms with Crippen LogP contribution in [0, 0.1) is 6.92 Å². The Morgan fingerprint density at radius 3 is 2.50 bits per heavy atom. The molecule has 32 heavy (non-hydrogen) atoms. The van der Waals surface area contributed by atoms with Crippen molar-refractivity contribution in [2.24, 2.45) is 7.05 Å². The lowest BCUT2D eigenvalue weighted by atomic mass is 9.87. The maximum atomic E-state index is 4.34. The van der Waals surface area contributed by atoms with E-state index in [9.17, 15) is 0 Å². The number of aryl methyl sites for hydroxylation is 2. The summed E-state index contributed by atoms with van der Waals surface area (Å²) in [6, 6.07) is 9.29. The molecule has 3 aromatic heterocycles. The molecule has 0 amide bonds. The zero-order chi connectivity index (χ0) is 22.2. The van der Waals surface area contributed by atoms with E-state index in [0.717, 1.165) is 25.5 Å². The third-order valence-electron chi connectivity index (χ3n) is 6.86. The number of benzene rings is 1. The molecule has 0 bridgehead atoms. The number of H-pyrrole nitrogens is 1. The summed E-state index contributed by atoms with van der Waals surface area (Å²) < 4.78 is 2.12. The second-order valence-corrected chi connectivity index (χ2v) is 9.63. The first-order chi connectivity index (χ1) is 15.5. The van der Waals surface area contributed by atoms with E-state index < -0.39 is 0 Å². The van der Waals surface area contributed by atoms with E-state index in [1.54, 1.807) is 0 Å². The van der Waals surface area contributed by atoms with Crippen molar-refractivity contribution in [3.8, 4) is 11.3 Å². The van der Waals surface area contributed by atoms with Crippen molar-refractivity contribution in [1.82, 2.24) is 24.4 Å². The zero-order valence-corrected chi connectivity index (χ0v) is 19.6. The molecule has 1 saturated heterocycles. The molecular formula is C27H33N5. The number of piperidine rings is 1. The first-order valence-electron chi connectivity index (χ1n) is 11.8. The highest BCUT2D eigenvalue weighted by Gasteiger charge is 2.23. The lowest BCUT2D eigenvalue weighted by molar-refractivity contribution is 0.204. The Bertz CT molecular complexity index is 1210. The summed E-state index contributed by atoms with van der Waals surface area (Å²) in [5.74, 6) is 1.93. The second-order valence-electron chi connectivity index (χ2n) is 9.63. The summed E-state index contributed by atoms with van der Waals surface area (Å²) in [4.78, 5) is 14.9. The van der Waals surface area contributed by atoms with Crippen molar-refractivity contribution < 1.29 is 0 Å². The summed E-state index contributed by atoms with van der Waals surface area (Å²) in [6.07, 6.45) is 10.6. The van der Waals surface area contributed by atoms with E-state index in [4.69, 9.17) is 0 Å². The summed E-state index contributed by atoms with van der Waals surface area (Å²) in [7, 11) is 2.08. The highest BCUT2D eigenvalue weighted by Crippen LogP contribution is 2.38. The maximum absolute atomic E-state index is 4.34. The molecule has 1 fully saturated rings. The fourth-order valence-electron chi connectivity index (χ4n) is 5.15. The van der Waals surface area contributed by atoms with Crippen LogP contribution in [0.2, 0.25) is 0 Å². The Morgan fingerprint density at radius 2 is 1.84 bits per heavy atom. The average Bonchev–Trinajstić information content (AvgIpc) is 3.39. The normalized spacial score (nSPS) is 15.8. The number of nitrogens with one attached hydrogen (secondary N) is 1. The van der Waals surface area contributed by atoms with Gasteiger partial charge in [-0.15, -0.1) is 0 Å². The maximum Gasteiger partial charge on any atom is 0.125 e. The van der Waals surface area contributed by atoms with E-state index in [0.29, 0.717) is 11.8 Å². The van der Waals surface area contributed by atoms with E-state index >= 15 is 0 Å². The zero-order valence-electron chi connectivity index (χ0n) is 19.6. The van der Waals surface area contributed by atoms with Gasteiger partial charge in [-0.3, -0.25) is 4.90 Å². The van der Waals surface area contributed by atoms with Crippen LogP contribution in [0.5, 0.6) is 0 Å². The van der Waals surface area contributed by atoms with Gasteiger partial charge in [0, 0.05) is 60.4 Å². The number of likely N-dealkylation sites (tertiary alicyclic amines) is 1. The molecule has 0 spiro atoms.